The first kappa shape index (κ1) is 25.2. The van der Waals surface area contributed by atoms with Gasteiger partial charge in [0, 0.05) is 30.9 Å². The van der Waals surface area contributed by atoms with Crippen molar-refractivity contribution in [3.63, 3.8) is 0 Å². The minimum Gasteiger partial charge on any atom is -0.487 e. The topological polar surface area (TPSA) is 102 Å². The van der Waals surface area contributed by atoms with Gasteiger partial charge in [0.15, 0.2) is 5.76 Å². The van der Waals surface area contributed by atoms with Crippen molar-refractivity contribution in [3.05, 3.63) is 89.9 Å². The van der Waals surface area contributed by atoms with Crippen LogP contribution in [0.5, 0.6) is 5.75 Å². The van der Waals surface area contributed by atoms with E-state index in [1.54, 1.807) is 12.1 Å². The van der Waals surface area contributed by atoms with Crippen LogP contribution in [0.25, 0.3) is 11.3 Å². The summed E-state index contributed by atoms with van der Waals surface area (Å²) in [4.78, 5) is 20.9. The molecule has 11 heteroatoms. The fraction of sp³-hybridized carbons (Fsp3) is 0.259. The molecule has 1 aliphatic heterocycles. The van der Waals surface area contributed by atoms with Crippen LogP contribution >= 0.6 is 0 Å². The highest BCUT2D eigenvalue weighted by Crippen LogP contribution is 2.32. The maximum atomic E-state index is 13.1. The molecular weight excluding hydrogens is 501 g/mol. The molecule has 1 saturated heterocycles. The van der Waals surface area contributed by atoms with Gasteiger partial charge in [0.25, 0.3) is 0 Å². The van der Waals surface area contributed by atoms with Gasteiger partial charge in [-0.3, -0.25) is 4.79 Å². The summed E-state index contributed by atoms with van der Waals surface area (Å²) in [6.07, 6.45) is -3.14. The van der Waals surface area contributed by atoms with Crippen LogP contribution in [0.3, 0.4) is 0 Å². The summed E-state index contributed by atoms with van der Waals surface area (Å²) in [6, 6.07) is 19.5. The van der Waals surface area contributed by atoms with Crippen molar-refractivity contribution in [2.24, 2.45) is 11.8 Å². The summed E-state index contributed by atoms with van der Waals surface area (Å²) in [5, 5.41) is 13.8. The third-order valence-corrected chi connectivity index (χ3v) is 6.40. The molecular formula is C27H23F3N4O4. The predicted molar refractivity (Wildman–Crippen MR) is 130 cm³/mol. The quantitative estimate of drug-likeness (QED) is 0.339. The van der Waals surface area contributed by atoms with E-state index in [0.717, 1.165) is 23.4 Å². The molecule has 0 bridgehead atoms. The zero-order valence-corrected chi connectivity index (χ0v) is 20.0. The van der Waals surface area contributed by atoms with Gasteiger partial charge in [-0.15, -0.1) is 0 Å². The van der Waals surface area contributed by atoms with Gasteiger partial charge in [0.1, 0.15) is 23.7 Å². The van der Waals surface area contributed by atoms with E-state index >= 15 is 0 Å². The van der Waals surface area contributed by atoms with Crippen LogP contribution in [-0.2, 0) is 24.0 Å². The van der Waals surface area contributed by atoms with E-state index in [1.165, 1.54) is 4.90 Å². The van der Waals surface area contributed by atoms with Crippen LogP contribution in [0.4, 0.5) is 19.1 Å². The van der Waals surface area contributed by atoms with Crippen molar-refractivity contribution >= 4 is 11.9 Å². The van der Waals surface area contributed by atoms with Crippen molar-refractivity contribution in [2.75, 3.05) is 18.0 Å². The molecule has 0 saturated carbocycles. The molecule has 196 valence electrons. The van der Waals surface area contributed by atoms with Crippen LogP contribution in [0.15, 0.2) is 77.4 Å². The number of ether oxygens (including phenoxy) is 1. The summed E-state index contributed by atoms with van der Waals surface area (Å²) in [6.45, 7) is 0.475. The number of anilines is 1. The van der Waals surface area contributed by atoms with Gasteiger partial charge in [0.2, 0.25) is 5.95 Å². The minimum absolute atomic E-state index is 0.0329. The Morgan fingerprint density at radius 1 is 1.08 bits per heavy atom. The molecule has 5 rings (SSSR count). The molecule has 3 heterocycles. The van der Waals surface area contributed by atoms with Gasteiger partial charge in [0.05, 0.1) is 5.92 Å². The second kappa shape index (κ2) is 10.5. The number of aliphatic carboxylic acids is 1. The number of carbonyl (C=O) groups is 1. The summed E-state index contributed by atoms with van der Waals surface area (Å²) in [5.74, 6) is -0.974. The number of halogens is 3. The number of benzene rings is 2. The Labute approximate surface area is 215 Å². The summed E-state index contributed by atoms with van der Waals surface area (Å²) in [7, 11) is 0. The highest BCUT2D eigenvalue weighted by atomic mass is 19.4. The second-order valence-corrected chi connectivity index (χ2v) is 9.03. The highest BCUT2D eigenvalue weighted by Gasteiger charge is 2.40. The molecule has 38 heavy (non-hydrogen) atoms. The van der Waals surface area contributed by atoms with Crippen LogP contribution in [0.1, 0.15) is 17.0 Å². The molecule has 2 aromatic carbocycles. The Kier molecular flexibility index (Phi) is 6.99. The number of carboxylic acids is 1. The van der Waals surface area contributed by atoms with E-state index in [0.29, 0.717) is 23.6 Å². The molecule has 0 aliphatic carbocycles. The molecule has 0 unspecified atom stereocenters. The van der Waals surface area contributed by atoms with Gasteiger partial charge in [-0.2, -0.15) is 13.2 Å². The molecule has 2 atom stereocenters. The van der Waals surface area contributed by atoms with Crippen molar-refractivity contribution < 1.29 is 32.3 Å². The molecule has 0 amide bonds. The first-order valence-corrected chi connectivity index (χ1v) is 11.9. The Morgan fingerprint density at radius 2 is 1.84 bits per heavy atom. The van der Waals surface area contributed by atoms with E-state index in [9.17, 15) is 23.1 Å². The lowest BCUT2D eigenvalue weighted by atomic mass is 9.90. The van der Waals surface area contributed by atoms with Gasteiger partial charge in [-0.1, -0.05) is 47.6 Å². The molecule has 1 N–H and O–H groups in total. The number of aromatic nitrogens is 3. The highest BCUT2D eigenvalue weighted by molar-refractivity contribution is 5.72. The third kappa shape index (κ3) is 5.77. The number of hydrogen-bond acceptors (Lipinski definition) is 7. The Bertz CT molecular complexity index is 1390. The van der Waals surface area contributed by atoms with E-state index in [2.05, 4.69) is 15.1 Å². The van der Waals surface area contributed by atoms with Gasteiger partial charge in [-0.25, -0.2) is 9.97 Å². The normalized spacial score (nSPS) is 17.5. The van der Waals surface area contributed by atoms with Crippen LogP contribution in [-0.4, -0.2) is 39.3 Å². The number of rotatable bonds is 8. The van der Waals surface area contributed by atoms with Gasteiger partial charge < -0.3 is 19.3 Å². The second-order valence-electron chi connectivity index (χ2n) is 9.03. The maximum absolute atomic E-state index is 13.1. The molecule has 4 aromatic rings. The fourth-order valence-corrected chi connectivity index (χ4v) is 4.48. The van der Waals surface area contributed by atoms with Crippen LogP contribution in [0.2, 0.25) is 0 Å². The number of hydrogen-bond donors (Lipinski definition) is 1. The lowest BCUT2D eigenvalue weighted by molar-refractivity contribution is -0.142. The smallest absolute Gasteiger partial charge is 0.433 e. The summed E-state index contributed by atoms with van der Waals surface area (Å²) < 4.78 is 50.4. The number of carboxylic acid groups (broad SMARTS) is 1. The van der Waals surface area contributed by atoms with Crippen molar-refractivity contribution in [3.8, 4) is 17.1 Å². The van der Waals surface area contributed by atoms with Crippen molar-refractivity contribution in [1.82, 2.24) is 15.1 Å². The Morgan fingerprint density at radius 3 is 2.55 bits per heavy atom. The average Bonchev–Trinajstić information content (AvgIpc) is 3.56. The first-order valence-electron chi connectivity index (χ1n) is 11.9. The van der Waals surface area contributed by atoms with Crippen molar-refractivity contribution in [2.45, 2.75) is 19.2 Å². The van der Waals surface area contributed by atoms with E-state index in [4.69, 9.17) is 9.26 Å². The number of nitrogens with zero attached hydrogens (tertiary/aromatic N) is 4. The molecule has 1 aliphatic rings. The SMILES string of the molecule is O=C(O)[C@@H]1CN(c2nccc(C(F)(F)F)n2)C[C@H]1Cc1ccc(OCc2cc(-c3ccccc3)on2)cc1. The monoisotopic (exact) mass is 524 g/mol. The number of alkyl halides is 3. The van der Waals surface area contributed by atoms with E-state index in [-0.39, 0.29) is 31.6 Å². The Hall–Kier alpha value is -4.41. The predicted octanol–water partition coefficient (Wildman–Crippen LogP) is 5.11. The standard InChI is InChI=1S/C27H23F3N4O4/c28-27(29,30)24-10-11-31-26(32-24)34-14-19(22(15-34)25(35)36)12-17-6-8-21(9-7-17)37-16-20-13-23(38-33-20)18-4-2-1-3-5-18/h1-11,13,19,22H,12,14-16H2,(H,35,36)/t19-,22-/m1/s1. The minimum atomic E-state index is -4.61. The van der Waals surface area contributed by atoms with Crippen LogP contribution < -0.4 is 9.64 Å². The molecule has 0 spiro atoms. The van der Waals surface area contributed by atoms with E-state index in [1.807, 2.05) is 48.5 Å². The third-order valence-electron chi connectivity index (χ3n) is 6.40. The fourth-order valence-electron chi connectivity index (χ4n) is 4.48. The lowest BCUT2D eigenvalue weighted by Gasteiger charge is -2.17. The summed E-state index contributed by atoms with van der Waals surface area (Å²) in [5.41, 5.74) is 1.38. The summed E-state index contributed by atoms with van der Waals surface area (Å²) >= 11 is 0. The van der Waals surface area contributed by atoms with Gasteiger partial charge in [-0.05, 0) is 36.1 Å². The molecule has 0 radical (unpaired) electrons. The largest absolute Gasteiger partial charge is 0.487 e. The lowest BCUT2D eigenvalue weighted by Crippen LogP contribution is -2.25. The van der Waals surface area contributed by atoms with Crippen molar-refractivity contribution in [1.29, 1.82) is 0 Å². The zero-order valence-electron chi connectivity index (χ0n) is 20.0. The zero-order chi connectivity index (χ0) is 26.7. The first-order chi connectivity index (χ1) is 18.3. The molecule has 2 aromatic heterocycles. The average molecular weight is 524 g/mol. The van der Waals surface area contributed by atoms with E-state index < -0.39 is 23.8 Å². The molecule has 1 fully saturated rings. The molecule has 8 nitrogen and oxygen atoms in total. The maximum Gasteiger partial charge on any atom is 0.433 e. The Balaban J connectivity index is 1.20. The van der Waals surface area contributed by atoms with Crippen LogP contribution in [0, 0.1) is 11.8 Å². The van der Waals surface area contributed by atoms with Gasteiger partial charge >= 0.3 is 12.1 Å².